The molecule has 2 rings (SSSR count). The SMILES string of the molecule is N#Cc1c(Nc2cc(Cl)ncn2)s[nH]c1=O. The molecule has 0 amide bonds. The molecule has 16 heavy (non-hydrogen) atoms. The van der Waals surface area contributed by atoms with Gasteiger partial charge in [0.15, 0.2) is 5.56 Å². The Morgan fingerprint density at radius 3 is 3.06 bits per heavy atom. The number of nitrogens with one attached hydrogen (secondary N) is 2. The molecule has 0 unspecified atom stereocenters. The number of hydrogen-bond acceptors (Lipinski definition) is 6. The van der Waals surface area contributed by atoms with Crippen LogP contribution in [0.2, 0.25) is 5.15 Å². The van der Waals surface area contributed by atoms with Gasteiger partial charge in [-0.05, 0) is 11.5 Å². The second-order valence-electron chi connectivity index (χ2n) is 2.70. The van der Waals surface area contributed by atoms with E-state index in [0.29, 0.717) is 10.8 Å². The lowest BCUT2D eigenvalue weighted by molar-refractivity contribution is 1.17. The van der Waals surface area contributed by atoms with Crippen molar-refractivity contribution in [3.63, 3.8) is 0 Å². The molecule has 0 saturated carbocycles. The Morgan fingerprint density at radius 2 is 2.38 bits per heavy atom. The lowest BCUT2D eigenvalue weighted by atomic mass is 10.4. The van der Waals surface area contributed by atoms with Gasteiger partial charge in [0.2, 0.25) is 0 Å². The van der Waals surface area contributed by atoms with E-state index in [1.165, 1.54) is 12.4 Å². The third kappa shape index (κ3) is 2.03. The van der Waals surface area contributed by atoms with Crippen LogP contribution in [-0.4, -0.2) is 14.3 Å². The number of nitrogens with zero attached hydrogens (tertiary/aromatic N) is 3. The summed E-state index contributed by atoms with van der Waals surface area (Å²) in [4.78, 5) is 18.8. The maximum Gasteiger partial charge on any atom is 0.278 e. The molecule has 0 saturated heterocycles. The largest absolute Gasteiger partial charge is 0.329 e. The lowest BCUT2D eigenvalue weighted by Crippen LogP contribution is -2.03. The van der Waals surface area contributed by atoms with E-state index in [0.717, 1.165) is 11.5 Å². The van der Waals surface area contributed by atoms with Gasteiger partial charge in [0, 0.05) is 6.07 Å². The first-order valence-electron chi connectivity index (χ1n) is 4.07. The normalized spacial score (nSPS) is 9.75. The topological polar surface area (TPSA) is 94.5 Å². The molecule has 0 aliphatic heterocycles. The molecule has 2 N–H and O–H groups in total. The van der Waals surface area contributed by atoms with Crippen LogP contribution in [0.4, 0.5) is 10.8 Å². The Bertz CT molecular complexity index is 613. The minimum Gasteiger partial charge on any atom is -0.329 e. The summed E-state index contributed by atoms with van der Waals surface area (Å²) >= 11 is 6.69. The number of hydrogen-bond donors (Lipinski definition) is 2. The molecule has 0 radical (unpaired) electrons. The van der Waals surface area contributed by atoms with Crippen LogP contribution in [0.5, 0.6) is 0 Å². The number of aromatic nitrogens is 3. The van der Waals surface area contributed by atoms with Crippen LogP contribution in [0, 0.1) is 11.3 Å². The van der Waals surface area contributed by atoms with Gasteiger partial charge in [-0.25, -0.2) is 9.97 Å². The van der Waals surface area contributed by atoms with Crippen molar-refractivity contribution in [2.45, 2.75) is 0 Å². The predicted octanol–water partition coefficient (Wildman–Crippen LogP) is 1.50. The van der Waals surface area contributed by atoms with Crippen LogP contribution in [0.15, 0.2) is 17.2 Å². The number of rotatable bonds is 2. The number of H-pyrrole nitrogens is 1. The Morgan fingerprint density at radius 1 is 1.56 bits per heavy atom. The highest BCUT2D eigenvalue weighted by Crippen LogP contribution is 2.21. The van der Waals surface area contributed by atoms with E-state index < -0.39 is 5.56 Å². The molecule has 2 aromatic rings. The third-order valence-corrected chi connectivity index (χ3v) is 2.69. The molecule has 0 aliphatic carbocycles. The predicted molar refractivity (Wildman–Crippen MR) is 60.0 cm³/mol. The van der Waals surface area contributed by atoms with Gasteiger partial charge in [0.25, 0.3) is 5.56 Å². The van der Waals surface area contributed by atoms with Crippen molar-refractivity contribution in [2.24, 2.45) is 0 Å². The first-order valence-corrected chi connectivity index (χ1v) is 5.26. The quantitative estimate of drug-likeness (QED) is 0.791. The van der Waals surface area contributed by atoms with Crippen molar-refractivity contribution in [3.8, 4) is 6.07 Å². The molecule has 0 aliphatic rings. The van der Waals surface area contributed by atoms with Gasteiger partial charge in [-0.15, -0.1) is 0 Å². The summed E-state index contributed by atoms with van der Waals surface area (Å²) in [5, 5.41) is 12.3. The van der Waals surface area contributed by atoms with Gasteiger partial charge in [0.05, 0.1) is 0 Å². The van der Waals surface area contributed by atoms with Gasteiger partial charge in [-0.2, -0.15) is 5.26 Å². The number of aromatic amines is 1. The van der Waals surface area contributed by atoms with Crippen molar-refractivity contribution >= 4 is 34.0 Å². The minimum absolute atomic E-state index is 0.0275. The summed E-state index contributed by atoms with van der Waals surface area (Å²) in [7, 11) is 0. The summed E-state index contributed by atoms with van der Waals surface area (Å²) in [5.41, 5.74) is -0.394. The second-order valence-corrected chi connectivity index (χ2v) is 3.90. The van der Waals surface area contributed by atoms with Gasteiger partial charge in [-0.3, -0.25) is 9.17 Å². The zero-order valence-electron chi connectivity index (χ0n) is 7.69. The van der Waals surface area contributed by atoms with Crippen LogP contribution in [0.1, 0.15) is 5.56 Å². The molecule has 2 heterocycles. The highest BCUT2D eigenvalue weighted by molar-refractivity contribution is 7.10. The van der Waals surface area contributed by atoms with Crippen molar-refractivity contribution in [2.75, 3.05) is 5.32 Å². The van der Waals surface area contributed by atoms with Crippen LogP contribution in [-0.2, 0) is 0 Å². The maximum absolute atomic E-state index is 11.2. The molecule has 0 fully saturated rings. The van der Waals surface area contributed by atoms with Crippen LogP contribution < -0.4 is 10.9 Å². The lowest BCUT2D eigenvalue weighted by Gasteiger charge is -2.01. The highest BCUT2D eigenvalue weighted by Gasteiger charge is 2.10. The van der Waals surface area contributed by atoms with Crippen molar-refractivity contribution in [1.29, 1.82) is 5.26 Å². The fourth-order valence-corrected chi connectivity index (χ4v) is 1.85. The molecular formula is C8H4ClN5OS. The number of anilines is 2. The van der Waals surface area contributed by atoms with Crippen LogP contribution >= 0.6 is 23.1 Å². The Kier molecular flexibility index (Phi) is 2.85. The van der Waals surface area contributed by atoms with E-state index >= 15 is 0 Å². The van der Waals surface area contributed by atoms with Crippen LogP contribution in [0.3, 0.4) is 0 Å². The summed E-state index contributed by atoms with van der Waals surface area (Å²) in [5.74, 6) is 0.423. The highest BCUT2D eigenvalue weighted by atomic mass is 35.5. The molecule has 0 aromatic carbocycles. The van der Waals surface area contributed by atoms with E-state index in [9.17, 15) is 4.79 Å². The molecule has 6 nitrogen and oxygen atoms in total. The smallest absolute Gasteiger partial charge is 0.278 e. The van der Waals surface area contributed by atoms with Gasteiger partial charge >= 0.3 is 0 Å². The molecule has 8 heteroatoms. The first kappa shape index (κ1) is 10.6. The van der Waals surface area contributed by atoms with Gasteiger partial charge in [0.1, 0.15) is 28.4 Å². The average Bonchev–Trinajstić information content (AvgIpc) is 2.59. The van der Waals surface area contributed by atoms with Crippen molar-refractivity contribution < 1.29 is 0 Å². The van der Waals surface area contributed by atoms with E-state index in [1.807, 2.05) is 0 Å². The fraction of sp³-hybridized carbons (Fsp3) is 0. The number of halogens is 1. The van der Waals surface area contributed by atoms with Gasteiger partial charge in [-0.1, -0.05) is 11.6 Å². The Labute approximate surface area is 98.7 Å². The summed E-state index contributed by atoms with van der Waals surface area (Å²) in [6.45, 7) is 0. The van der Waals surface area contributed by atoms with E-state index in [2.05, 4.69) is 19.7 Å². The zero-order chi connectivity index (χ0) is 11.5. The zero-order valence-corrected chi connectivity index (χ0v) is 9.26. The molecule has 0 bridgehead atoms. The molecule has 0 spiro atoms. The van der Waals surface area contributed by atoms with Crippen LogP contribution in [0.25, 0.3) is 0 Å². The van der Waals surface area contributed by atoms with Crippen molar-refractivity contribution in [1.82, 2.24) is 14.3 Å². The number of nitriles is 1. The monoisotopic (exact) mass is 253 g/mol. The Hall–Kier alpha value is -1.91. The summed E-state index contributed by atoms with van der Waals surface area (Å²) in [6, 6.07) is 3.30. The maximum atomic E-state index is 11.2. The summed E-state index contributed by atoms with van der Waals surface area (Å²) in [6.07, 6.45) is 1.28. The second kappa shape index (κ2) is 4.30. The van der Waals surface area contributed by atoms with E-state index in [-0.39, 0.29) is 10.7 Å². The Balaban J connectivity index is 2.35. The third-order valence-electron chi connectivity index (χ3n) is 1.69. The van der Waals surface area contributed by atoms with E-state index in [1.54, 1.807) is 6.07 Å². The van der Waals surface area contributed by atoms with E-state index in [4.69, 9.17) is 16.9 Å². The van der Waals surface area contributed by atoms with Crippen molar-refractivity contribution in [3.05, 3.63) is 33.5 Å². The van der Waals surface area contributed by atoms with Gasteiger partial charge < -0.3 is 5.32 Å². The molecule has 2 aromatic heterocycles. The standard InChI is InChI=1S/C8H4ClN5OS/c9-5-1-6(12-3-11-5)13-8-4(2-10)7(15)14-16-8/h1,3H,(H,14,15)(H,11,12,13). The fourth-order valence-electron chi connectivity index (χ4n) is 1.01. The molecule has 0 atom stereocenters. The first-order chi connectivity index (χ1) is 7.70. The average molecular weight is 254 g/mol. The molecular weight excluding hydrogens is 250 g/mol. The summed E-state index contributed by atoms with van der Waals surface area (Å²) < 4.78 is 2.45. The minimum atomic E-state index is -0.421. The molecule has 80 valence electrons.